The van der Waals surface area contributed by atoms with Crippen LogP contribution in [0.3, 0.4) is 0 Å². The fourth-order valence-corrected chi connectivity index (χ4v) is 3.64. The molecule has 2 aromatic rings. The predicted molar refractivity (Wildman–Crippen MR) is 99.9 cm³/mol. The summed E-state index contributed by atoms with van der Waals surface area (Å²) < 4.78 is 0. The van der Waals surface area contributed by atoms with Crippen LogP contribution in [0.25, 0.3) is 0 Å². The summed E-state index contributed by atoms with van der Waals surface area (Å²) in [6.45, 7) is 9.30. The van der Waals surface area contributed by atoms with Gasteiger partial charge in [-0.05, 0) is 31.4 Å². The minimum absolute atomic E-state index is 0.892. The molecule has 4 heterocycles. The molecule has 0 spiro atoms. The normalized spacial score (nSPS) is 18.8. The number of piperazine rings is 1. The highest BCUT2D eigenvalue weighted by Gasteiger charge is 2.21. The van der Waals surface area contributed by atoms with Crippen LogP contribution in [0.4, 0.5) is 11.8 Å². The third-order valence-corrected chi connectivity index (χ3v) is 5.04. The number of anilines is 2. The summed E-state index contributed by atoms with van der Waals surface area (Å²) in [6, 6.07) is 6.27. The van der Waals surface area contributed by atoms with E-state index in [4.69, 9.17) is 9.97 Å². The molecule has 2 aliphatic heterocycles. The highest BCUT2D eigenvalue weighted by atomic mass is 15.3. The third-order valence-electron chi connectivity index (χ3n) is 5.04. The summed E-state index contributed by atoms with van der Waals surface area (Å²) in [5.74, 6) is 1.99. The molecule has 0 radical (unpaired) electrons. The van der Waals surface area contributed by atoms with Gasteiger partial charge in [0.1, 0.15) is 5.82 Å². The van der Waals surface area contributed by atoms with Crippen LogP contribution in [0.15, 0.2) is 30.6 Å². The van der Waals surface area contributed by atoms with Crippen molar-refractivity contribution in [1.29, 1.82) is 0 Å². The molecule has 2 fully saturated rings. The molecule has 2 aliphatic rings. The van der Waals surface area contributed by atoms with Crippen molar-refractivity contribution >= 4 is 11.8 Å². The topological polar surface area (TPSA) is 48.4 Å². The Bertz CT molecular complexity index is 690. The highest BCUT2D eigenvalue weighted by molar-refractivity contribution is 5.46. The van der Waals surface area contributed by atoms with Crippen LogP contribution in [-0.4, -0.2) is 59.1 Å². The number of aromatic nitrogens is 3. The zero-order chi connectivity index (χ0) is 17.1. The Morgan fingerprint density at radius 2 is 1.76 bits per heavy atom. The average molecular weight is 338 g/mol. The van der Waals surface area contributed by atoms with E-state index in [2.05, 4.69) is 38.7 Å². The van der Waals surface area contributed by atoms with Gasteiger partial charge in [0.05, 0.1) is 0 Å². The smallest absolute Gasteiger partial charge is 0.227 e. The number of pyridine rings is 1. The zero-order valence-corrected chi connectivity index (χ0v) is 14.9. The van der Waals surface area contributed by atoms with Gasteiger partial charge in [0.2, 0.25) is 5.95 Å². The number of rotatable bonds is 4. The summed E-state index contributed by atoms with van der Waals surface area (Å²) >= 11 is 0. The lowest BCUT2D eigenvalue weighted by Gasteiger charge is -2.35. The molecule has 4 rings (SSSR count). The van der Waals surface area contributed by atoms with Gasteiger partial charge >= 0.3 is 0 Å². The standard InChI is InChI=1S/C19H26N6/c1-16-13-18(24-7-2-3-8-24)22-19(21-16)25-11-9-23(10-12-25)15-17-5-4-6-20-14-17/h4-6,13-14H,2-3,7-12,15H2,1H3. The van der Waals surface area contributed by atoms with E-state index < -0.39 is 0 Å². The maximum Gasteiger partial charge on any atom is 0.227 e. The lowest BCUT2D eigenvalue weighted by Crippen LogP contribution is -2.46. The molecule has 6 nitrogen and oxygen atoms in total. The number of hydrogen-bond acceptors (Lipinski definition) is 6. The van der Waals surface area contributed by atoms with Crippen LogP contribution in [0.1, 0.15) is 24.1 Å². The van der Waals surface area contributed by atoms with Gasteiger partial charge in [-0.3, -0.25) is 9.88 Å². The second-order valence-corrected chi connectivity index (χ2v) is 6.99. The minimum Gasteiger partial charge on any atom is -0.356 e. The first kappa shape index (κ1) is 16.3. The Labute approximate surface area is 149 Å². The van der Waals surface area contributed by atoms with Crippen molar-refractivity contribution in [1.82, 2.24) is 19.9 Å². The highest BCUT2D eigenvalue weighted by Crippen LogP contribution is 2.22. The SMILES string of the molecule is Cc1cc(N2CCCC2)nc(N2CCN(Cc3cccnc3)CC2)n1. The number of nitrogens with zero attached hydrogens (tertiary/aromatic N) is 6. The molecule has 0 bridgehead atoms. The third kappa shape index (κ3) is 3.90. The fraction of sp³-hybridized carbons (Fsp3) is 0.526. The summed E-state index contributed by atoms with van der Waals surface area (Å²) in [5, 5.41) is 0. The largest absolute Gasteiger partial charge is 0.356 e. The maximum atomic E-state index is 4.86. The fourth-order valence-electron chi connectivity index (χ4n) is 3.64. The molecule has 6 heteroatoms. The van der Waals surface area contributed by atoms with E-state index in [1.807, 2.05) is 18.5 Å². The first-order valence-electron chi connectivity index (χ1n) is 9.25. The van der Waals surface area contributed by atoms with Crippen LogP contribution in [0.5, 0.6) is 0 Å². The average Bonchev–Trinajstić information content (AvgIpc) is 3.17. The molecule has 0 amide bonds. The molecule has 0 unspecified atom stereocenters. The van der Waals surface area contributed by atoms with Crippen molar-refractivity contribution < 1.29 is 0 Å². The molecule has 0 aromatic carbocycles. The molecule has 2 saturated heterocycles. The Balaban J connectivity index is 1.40. The summed E-state index contributed by atoms with van der Waals surface area (Å²) in [6.07, 6.45) is 6.32. The quantitative estimate of drug-likeness (QED) is 0.851. The molecule has 132 valence electrons. The van der Waals surface area contributed by atoms with Gasteiger partial charge in [-0.25, -0.2) is 4.98 Å². The first-order chi connectivity index (χ1) is 12.3. The summed E-state index contributed by atoms with van der Waals surface area (Å²) in [7, 11) is 0. The lowest BCUT2D eigenvalue weighted by molar-refractivity contribution is 0.248. The van der Waals surface area contributed by atoms with E-state index in [1.165, 1.54) is 18.4 Å². The van der Waals surface area contributed by atoms with Gasteiger partial charge in [0.25, 0.3) is 0 Å². The van der Waals surface area contributed by atoms with E-state index >= 15 is 0 Å². The van der Waals surface area contributed by atoms with Crippen LogP contribution in [-0.2, 0) is 6.54 Å². The van der Waals surface area contributed by atoms with E-state index in [1.54, 1.807) is 0 Å². The molecule has 0 atom stereocenters. The Hall–Kier alpha value is -2.21. The Kier molecular flexibility index (Phi) is 4.78. The van der Waals surface area contributed by atoms with E-state index in [-0.39, 0.29) is 0 Å². The molecular formula is C19H26N6. The van der Waals surface area contributed by atoms with Crippen molar-refractivity contribution in [2.24, 2.45) is 0 Å². The van der Waals surface area contributed by atoms with Gasteiger partial charge < -0.3 is 9.80 Å². The van der Waals surface area contributed by atoms with E-state index in [0.717, 1.165) is 63.3 Å². The van der Waals surface area contributed by atoms with Crippen LogP contribution >= 0.6 is 0 Å². The van der Waals surface area contributed by atoms with Crippen molar-refractivity contribution in [3.8, 4) is 0 Å². The molecule has 25 heavy (non-hydrogen) atoms. The van der Waals surface area contributed by atoms with Gasteiger partial charge in [0, 0.05) is 70.0 Å². The first-order valence-corrected chi connectivity index (χ1v) is 9.25. The van der Waals surface area contributed by atoms with Crippen LogP contribution in [0, 0.1) is 6.92 Å². The number of hydrogen-bond donors (Lipinski definition) is 0. The van der Waals surface area contributed by atoms with Crippen LogP contribution in [0.2, 0.25) is 0 Å². The molecular weight excluding hydrogens is 312 g/mol. The molecule has 0 aliphatic carbocycles. The molecule has 0 N–H and O–H groups in total. The van der Waals surface area contributed by atoms with Crippen molar-refractivity contribution in [3.63, 3.8) is 0 Å². The van der Waals surface area contributed by atoms with Gasteiger partial charge in [-0.1, -0.05) is 6.07 Å². The summed E-state index contributed by atoms with van der Waals surface area (Å²) in [4.78, 5) is 21.0. The second kappa shape index (κ2) is 7.35. The Morgan fingerprint density at radius 3 is 2.48 bits per heavy atom. The van der Waals surface area contributed by atoms with E-state index in [9.17, 15) is 0 Å². The van der Waals surface area contributed by atoms with Crippen LogP contribution < -0.4 is 9.80 Å². The number of aryl methyl sites for hydroxylation is 1. The Morgan fingerprint density at radius 1 is 0.960 bits per heavy atom. The van der Waals surface area contributed by atoms with Gasteiger partial charge in [0.15, 0.2) is 0 Å². The van der Waals surface area contributed by atoms with E-state index in [0.29, 0.717) is 0 Å². The molecule has 2 aromatic heterocycles. The summed E-state index contributed by atoms with van der Waals surface area (Å²) in [5.41, 5.74) is 2.34. The van der Waals surface area contributed by atoms with Crippen molar-refractivity contribution in [2.75, 3.05) is 49.1 Å². The second-order valence-electron chi connectivity index (χ2n) is 6.99. The predicted octanol–water partition coefficient (Wildman–Crippen LogP) is 2.10. The molecule has 0 saturated carbocycles. The maximum absolute atomic E-state index is 4.86. The van der Waals surface area contributed by atoms with Gasteiger partial charge in [-0.2, -0.15) is 4.98 Å². The minimum atomic E-state index is 0.892. The van der Waals surface area contributed by atoms with Gasteiger partial charge in [-0.15, -0.1) is 0 Å². The zero-order valence-electron chi connectivity index (χ0n) is 14.9. The lowest BCUT2D eigenvalue weighted by atomic mass is 10.2. The van der Waals surface area contributed by atoms with Crippen molar-refractivity contribution in [3.05, 3.63) is 41.9 Å². The monoisotopic (exact) mass is 338 g/mol. The van der Waals surface area contributed by atoms with Crippen molar-refractivity contribution in [2.45, 2.75) is 26.3 Å².